The molecule has 0 bridgehead atoms. The van der Waals surface area contributed by atoms with E-state index < -0.39 is 51.9 Å². The summed E-state index contributed by atoms with van der Waals surface area (Å²) >= 11 is 3.08. The van der Waals surface area contributed by atoms with Crippen LogP contribution in [0.3, 0.4) is 0 Å². The first-order valence-corrected chi connectivity index (χ1v) is 22.4. The van der Waals surface area contributed by atoms with Crippen molar-refractivity contribution in [2.45, 2.75) is 127 Å². The molecule has 0 radical (unpaired) electrons. The number of hydrogen-bond acceptors (Lipinski definition) is 10. The number of aliphatic hydroxyl groups excluding tert-OH is 1. The minimum Gasteiger partial charge on any atom is -0.444 e. The van der Waals surface area contributed by atoms with E-state index in [0.29, 0.717) is 31.9 Å². The Hall–Kier alpha value is -3.76. The van der Waals surface area contributed by atoms with Crippen molar-refractivity contribution < 1.29 is 38.2 Å². The Morgan fingerprint density at radius 1 is 1.00 bits per heavy atom. The fourth-order valence-corrected chi connectivity index (χ4v) is 10.1. The van der Waals surface area contributed by atoms with Gasteiger partial charge in [0.1, 0.15) is 17.7 Å². The second-order valence-electron chi connectivity index (χ2n) is 17.9. The number of thiazole rings is 1. The first-order valence-electron chi connectivity index (χ1n) is 20.5. The molecule has 1 aromatic heterocycles. The first kappa shape index (κ1) is 43.8. The highest BCUT2D eigenvalue weighted by Gasteiger charge is 2.54. The number of piperazine rings is 1. The lowest BCUT2D eigenvalue weighted by Gasteiger charge is -2.39. The molecule has 4 aliphatic rings. The van der Waals surface area contributed by atoms with Crippen LogP contribution in [0.5, 0.6) is 0 Å². The van der Waals surface area contributed by atoms with E-state index in [1.54, 1.807) is 21.7 Å². The van der Waals surface area contributed by atoms with E-state index in [9.17, 15) is 29.1 Å². The highest BCUT2D eigenvalue weighted by atomic mass is 32.2. The minimum absolute atomic E-state index is 0.0455. The Kier molecular flexibility index (Phi) is 13.5. The van der Waals surface area contributed by atoms with Crippen molar-refractivity contribution in [2.24, 2.45) is 11.8 Å². The second kappa shape index (κ2) is 17.8. The zero-order chi connectivity index (χ0) is 42.0. The molecule has 5 amide bonds. The van der Waals surface area contributed by atoms with E-state index in [0.717, 1.165) is 47.4 Å². The molecule has 6 rings (SSSR count). The maximum Gasteiger partial charge on any atom is 0.410 e. The van der Waals surface area contributed by atoms with Crippen LogP contribution in [0, 0.1) is 18.8 Å². The predicted octanol–water partition coefficient (Wildman–Crippen LogP) is 5.08. The lowest BCUT2D eigenvalue weighted by molar-refractivity contribution is -0.143. The van der Waals surface area contributed by atoms with Gasteiger partial charge in [0.2, 0.25) is 17.7 Å². The van der Waals surface area contributed by atoms with Crippen LogP contribution >= 0.6 is 23.1 Å². The number of aryl methyl sites for hydroxylation is 1. The molecule has 2 saturated carbocycles. The summed E-state index contributed by atoms with van der Waals surface area (Å²) in [7, 11) is 0. The molecule has 2 aliphatic carbocycles. The van der Waals surface area contributed by atoms with Gasteiger partial charge in [-0.05, 0) is 103 Å². The molecular weight excluding hydrogens is 784 g/mol. The molecule has 58 heavy (non-hydrogen) atoms. The number of β-amino-alcohol motifs (C(OH)–C–C–N with tert-alkyl or cyclic N) is 1. The summed E-state index contributed by atoms with van der Waals surface area (Å²) in [4.78, 5) is 77.4. The molecule has 3 atom stereocenters. The molecule has 1 aromatic carbocycles. The number of nitrogens with zero attached hydrogens (tertiary/aromatic N) is 4. The van der Waals surface area contributed by atoms with Crippen molar-refractivity contribution in [3.63, 3.8) is 0 Å². The van der Waals surface area contributed by atoms with Crippen molar-refractivity contribution in [1.29, 1.82) is 0 Å². The van der Waals surface area contributed by atoms with Crippen molar-refractivity contribution in [2.75, 3.05) is 38.5 Å². The number of carbonyl (C=O) groups excluding carboxylic acids is 5. The molecular formula is C42H59FN6O7S2. The summed E-state index contributed by atoms with van der Waals surface area (Å²) in [5.74, 6) is -0.811. The third-order valence-electron chi connectivity index (χ3n) is 11.7. The second-order valence-corrected chi connectivity index (χ2v) is 20.4. The Morgan fingerprint density at radius 2 is 1.64 bits per heavy atom. The van der Waals surface area contributed by atoms with Crippen molar-refractivity contribution in [3.8, 4) is 10.4 Å². The van der Waals surface area contributed by atoms with Gasteiger partial charge in [-0.2, -0.15) is 11.8 Å². The van der Waals surface area contributed by atoms with E-state index in [1.165, 1.54) is 16.7 Å². The minimum atomic E-state index is -2.01. The van der Waals surface area contributed by atoms with Gasteiger partial charge in [-0.1, -0.05) is 24.3 Å². The molecule has 4 fully saturated rings. The van der Waals surface area contributed by atoms with E-state index in [2.05, 4.69) is 15.6 Å². The van der Waals surface area contributed by atoms with Crippen LogP contribution in [0.1, 0.15) is 90.8 Å². The van der Waals surface area contributed by atoms with E-state index in [1.807, 2.05) is 70.7 Å². The number of halogens is 1. The van der Waals surface area contributed by atoms with Crippen LogP contribution in [-0.4, -0.2) is 127 Å². The standard InChI is InChI=1S/C42H59FN6O7S2/c1-26-33(57-25-45-26)29-11-7-27(8-12-29)22-44-35(51)32-21-31(50)23-49(32)37(53)34(46-38(54)42(43)15-16-42)41(5,6)58-24-28-9-13-30(14-10-28)36(52)47-17-19-48(20-18-47)39(55)56-40(2,3)4/h7-8,11-12,25,28,30-32,34,50H,9-10,13-24H2,1-6H3,(H,44,51)(H,46,54)/t28?,30?,31-,32+,34?/m1/s1. The maximum atomic E-state index is 15.1. The summed E-state index contributed by atoms with van der Waals surface area (Å²) in [6.07, 6.45) is 2.05. The average molecular weight is 843 g/mol. The highest BCUT2D eigenvalue weighted by Crippen LogP contribution is 2.42. The third kappa shape index (κ3) is 10.7. The SMILES string of the molecule is Cc1ncsc1-c1ccc(CNC(=O)[C@@H]2C[C@@H](O)CN2C(=O)C(NC(=O)C2(F)CC2)C(C)(C)SCC2CCC(C(=O)N3CCN(C(=O)OC(C)(C)C)CC3)CC2)cc1. The lowest BCUT2D eigenvalue weighted by Crippen LogP contribution is -2.61. The smallest absolute Gasteiger partial charge is 0.410 e. The number of aromatic nitrogens is 1. The van der Waals surface area contributed by atoms with Crippen LogP contribution in [0.25, 0.3) is 10.4 Å². The normalized spacial score (nSPS) is 23.9. The number of benzene rings is 1. The van der Waals surface area contributed by atoms with Crippen molar-refractivity contribution in [3.05, 3.63) is 41.0 Å². The zero-order valence-electron chi connectivity index (χ0n) is 34.6. The summed E-state index contributed by atoms with van der Waals surface area (Å²) in [5.41, 5.74) is 2.07. The van der Waals surface area contributed by atoms with E-state index in [-0.39, 0.29) is 56.2 Å². The topological polar surface area (TPSA) is 161 Å². The number of ether oxygens (including phenoxy) is 1. The van der Waals surface area contributed by atoms with Gasteiger partial charge in [-0.3, -0.25) is 19.2 Å². The van der Waals surface area contributed by atoms with Gasteiger partial charge < -0.3 is 35.2 Å². The quantitative estimate of drug-likeness (QED) is 0.265. The van der Waals surface area contributed by atoms with Crippen LogP contribution < -0.4 is 10.6 Å². The Balaban J connectivity index is 1.03. The molecule has 2 aliphatic heterocycles. The van der Waals surface area contributed by atoms with E-state index in [4.69, 9.17) is 4.74 Å². The Labute approximate surface area is 349 Å². The summed E-state index contributed by atoms with van der Waals surface area (Å²) < 4.78 is 19.6. The largest absolute Gasteiger partial charge is 0.444 e. The van der Waals surface area contributed by atoms with Gasteiger partial charge in [0.05, 0.1) is 22.2 Å². The van der Waals surface area contributed by atoms with Gasteiger partial charge in [0.25, 0.3) is 5.91 Å². The first-order chi connectivity index (χ1) is 27.3. The molecule has 318 valence electrons. The van der Waals surface area contributed by atoms with Crippen LogP contribution in [-0.2, 0) is 30.5 Å². The zero-order valence-corrected chi connectivity index (χ0v) is 36.2. The summed E-state index contributed by atoms with van der Waals surface area (Å²) in [6.45, 7) is 13.1. The average Bonchev–Trinajstić information content (AvgIpc) is 3.60. The van der Waals surface area contributed by atoms with Crippen LogP contribution in [0.4, 0.5) is 9.18 Å². The lowest BCUT2D eigenvalue weighted by atomic mass is 9.82. The molecule has 3 heterocycles. The number of carbonyl (C=O) groups is 5. The molecule has 0 spiro atoms. The fraction of sp³-hybridized carbons (Fsp3) is 0.667. The number of rotatable bonds is 12. The van der Waals surface area contributed by atoms with Gasteiger partial charge in [-0.15, -0.1) is 11.3 Å². The van der Waals surface area contributed by atoms with Gasteiger partial charge in [0.15, 0.2) is 5.67 Å². The van der Waals surface area contributed by atoms with Crippen LogP contribution in [0.2, 0.25) is 0 Å². The Morgan fingerprint density at radius 3 is 2.22 bits per heavy atom. The number of hydrogen-bond donors (Lipinski definition) is 3. The number of aliphatic hydroxyl groups is 1. The molecule has 2 aromatic rings. The molecule has 13 nitrogen and oxygen atoms in total. The number of thioether (sulfide) groups is 1. The third-order valence-corrected chi connectivity index (χ3v) is 14.3. The number of nitrogens with one attached hydrogen (secondary N) is 2. The fourth-order valence-electron chi connectivity index (χ4n) is 7.95. The van der Waals surface area contributed by atoms with Crippen LogP contribution in [0.15, 0.2) is 29.8 Å². The maximum absolute atomic E-state index is 15.1. The molecule has 2 saturated heterocycles. The number of amides is 5. The van der Waals surface area contributed by atoms with Gasteiger partial charge in [-0.25, -0.2) is 14.2 Å². The molecule has 1 unspecified atom stereocenters. The summed E-state index contributed by atoms with van der Waals surface area (Å²) in [5, 5.41) is 16.4. The number of alkyl halides is 1. The molecule has 3 N–H and O–H groups in total. The number of likely N-dealkylation sites (tertiary alicyclic amines) is 1. The van der Waals surface area contributed by atoms with Gasteiger partial charge in [0, 0.05) is 56.4 Å². The van der Waals surface area contributed by atoms with E-state index >= 15 is 4.39 Å². The molecule has 16 heteroatoms. The predicted molar refractivity (Wildman–Crippen MR) is 222 cm³/mol. The summed E-state index contributed by atoms with van der Waals surface area (Å²) in [6, 6.07) is 5.70. The highest BCUT2D eigenvalue weighted by molar-refractivity contribution is 8.00. The van der Waals surface area contributed by atoms with Gasteiger partial charge >= 0.3 is 6.09 Å². The van der Waals surface area contributed by atoms with Crippen molar-refractivity contribution >= 4 is 52.8 Å². The van der Waals surface area contributed by atoms with Crippen molar-refractivity contribution in [1.82, 2.24) is 30.3 Å². The Bertz CT molecular complexity index is 1810. The monoisotopic (exact) mass is 842 g/mol.